The van der Waals surface area contributed by atoms with Crippen molar-refractivity contribution in [3.05, 3.63) is 36.7 Å². The smallest absolute Gasteiger partial charge is 0.139 e. The molecule has 64 valence electrons. The summed E-state index contributed by atoms with van der Waals surface area (Å²) in [5.74, 6) is 0.135. The Balaban J connectivity index is 2.53. The molecule has 0 atom stereocenters. The third-order valence-electron chi connectivity index (χ3n) is 1.23. The number of benzene rings is 1. The van der Waals surface area contributed by atoms with Gasteiger partial charge >= 0.3 is 0 Å². The highest BCUT2D eigenvalue weighted by Gasteiger charge is 1.94. The summed E-state index contributed by atoms with van der Waals surface area (Å²) in [7, 11) is 0. The molecule has 0 saturated carbocycles. The maximum Gasteiger partial charge on any atom is 0.139 e. The van der Waals surface area contributed by atoms with Crippen molar-refractivity contribution >= 4 is 0 Å². The van der Waals surface area contributed by atoms with Gasteiger partial charge in [-0.2, -0.15) is 0 Å². The van der Waals surface area contributed by atoms with Crippen LogP contribution >= 0.6 is 0 Å². The van der Waals surface area contributed by atoms with Crippen LogP contribution in [0.1, 0.15) is 0 Å². The lowest BCUT2D eigenvalue weighted by atomic mass is 10.3. The molecule has 1 rings (SSSR count). The summed E-state index contributed by atoms with van der Waals surface area (Å²) in [5.41, 5.74) is 0. The summed E-state index contributed by atoms with van der Waals surface area (Å²) in [6.45, 7) is 2.90. The van der Waals surface area contributed by atoms with Crippen LogP contribution in [-0.4, -0.2) is 11.7 Å². The first-order valence-electron chi connectivity index (χ1n) is 3.43. The van der Waals surface area contributed by atoms with Gasteiger partial charge < -0.3 is 9.84 Å². The minimum atomic E-state index is -0.525. The Bertz CT molecular complexity index is 266. The van der Waals surface area contributed by atoms with Crippen LogP contribution in [0.3, 0.4) is 0 Å². The van der Waals surface area contributed by atoms with E-state index in [-0.39, 0.29) is 12.4 Å². The fourth-order valence-electron chi connectivity index (χ4n) is 0.704. The molecule has 0 saturated heterocycles. The molecule has 0 amide bonds. The van der Waals surface area contributed by atoms with Gasteiger partial charge in [0.1, 0.15) is 23.9 Å². The first kappa shape index (κ1) is 8.59. The zero-order valence-corrected chi connectivity index (χ0v) is 6.46. The molecule has 3 heteroatoms. The summed E-state index contributed by atoms with van der Waals surface area (Å²) >= 11 is 0. The molecular formula is C9H9FO2. The molecule has 0 bridgehead atoms. The minimum Gasteiger partial charge on any atom is -0.508 e. The lowest BCUT2D eigenvalue weighted by molar-refractivity contribution is 0.319. The topological polar surface area (TPSA) is 29.5 Å². The number of hydrogen-bond donors (Lipinski definition) is 1. The fraction of sp³-hybridized carbons (Fsp3) is 0.111. The van der Waals surface area contributed by atoms with Crippen molar-refractivity contribution in [2.45, 2.75) is 0 Å². The number of hydrogen-bond acceptors (Lipinski definition) is 2. The lowest BCUT2D eigenvalue weighted by Gasteiger charge is -2.02. The fourth-order valence-corrected chi connectivity index (χ4v) is 0.704. The first-order valence-corrected chi connectivity index (χ1v) is 3.43. The molecule has 12 heavy (non-hydrogen) atoms. The van der Waals surface area contributed by atoms with Crippen LogP contribution in [0.15, 0.2) is 36.7 Å². The molecule has 0 aromatic heterocycles. The molecule has 0 aliphatic rings. The van der Waals surface area contributed by atoms with Gasteiger partial charge in [-0.3, -0.25) is 0 Å². The number of phenols is 1. The van der Waals surface area contributed by atoms with E-state index in [1.165, 1.54) is 12.1 Å². The van der Waals surface area contributed by atoms with E-state index in [9.17, 15) is 4.39 Å². The normalized spacial score (nSPS) is 9.42. The second-order valence-electron chi connectivity index (χ2n) is 2.30. The van der Waals surface area contributed by atoms with Gasteiger partial charge in [0.05, 0.1) is 0 Å². The lowest BCUT2D eigenvalue weighted by Crippen LogP contribution is -1.95. The number of ether oxygens (including phenoxy) is 1. The van der Waals surface area contributed by atoms with E-state index in [2.05, 4.69) is 6.58 Å². The van der Waals surface area contributed by atoms with Crippen molar-refractivity contribution in [1.82, 2.24) is 0 Å². The summed E-state index contributed by atoms with van der Waals surface area (Å²) < 4.78 is 17.0. The van der Waals surface area contributed by atoms with Crippen LogP contribution in [-0.2, 0) is 0 Å². The third kappa shape index (κ3) is 2.62. The zero-order valence-electron chi connectivity index (χ0n) is 6.46. The number of aromatic hydroxyl groups is 1. The third-order valence-corrected chi connectivity index (χ3v) is 1.23. The molecule has 1 N–H and O–H groups in total. The Morgan fingerprint density at radius 1 is 1.42 bits per heavy atom. The standard InChI is InChI=1S/C9H9FO2/c1-7(10)6-12-9-4-2-8(11)3-5-9/h2-5,11H,1,6H2. The van der Waals surface area contributed by atoms with Gasteiger partial charge in [-0.1, -0.05) is 6.58 Å². The highest BCUT2D eigenvalue weighted by atomic mass is 19.1. The molecule has 1 aromatic carbocycles. The largest absolute Gasteiger partial charge is 0.508 e. The molecule has 2 nitrogen and oxygen atoms in total. The second-order valence-corrected chi connectivity index (χ2v) is 2.30. The molecule has 0 spiro atoms. The number of halogens is 1. The minimum absolute atomic E-state index is 0.148. The average molecular weight is 168 g/mol. The molecule has 0 aliphatic carbocycles. The van der Waals surface area contributed by atoms with Gasteiger partial charge in [-0.05, 0) is 24.3 Å². The zero-order chi connectivity index (χ0) is 8.97. The van der Waals surface area contributed by atoms with Crippen molar-refractivity contribution in [3.63, 3.8) is 0 Å². The van der Waals surface area contributed by atoms with Crippen LogP contribution in [0.2, 0.25) is 0 Å². The van der Waals surface area contributed by atoms with Crippen LogP contribution in [0.4, 0.5) is 4.39 Å². The molecule has 1 aromatic rings. The van der Waals surface area contributed by atoms with Crippen LogP contribution in [0.5, 0.6) is 11.5 Å². The molecular weight excluding hydrogens is 159 g/mol. The summed E-state index contributed by atoms with van der Waals surface area (Å²) in [5, 5.41) is 8.89. The molecule has 0 fully saturated rings. The van der Waals surface area contributed by atoms with E-state index in [4.69, 9.17) is 9.84 Å². The Morgan fingerprint density at radius 2 is 2.00 bits per heavy atom. The van der Waals surface area contributed by atoms with E-state index in [0.717, 1.165) is 0 Å². The van der Waals surface area contributed by atoms with E-state index < -0.39 is 5.83 Å². The average Bonchev–Trinajstić information content (AvgIpc) is 2.03. The van der Waals surface area contributed by atoms with Gasteiger partial charge in [0.2, 0.25) is 0 Å². The van der Waals surface area contributed by atoms with Gasteiger partial charge in [0, 0.05) is 0 Å². The van der Waals surface area contributed by atoms with E-state index >= 15 is 0 Å². The van der Waals surface area contributed by atoms with Crippen LogP contribution < -0.4 is 4.74 Å². The van der Waals surface area contributed by atoms with Crippen molar-refractivity contribution in [3.8, 4) is 11.5 Å². The Hall–Kier alpha value is -1.51. The Morgan fingerprint density at radius 3 is 2.50 bits per heavy atom. The van der Waals surface area contributed by atoms with E-state index in [0.29, 0.717) is 5.75 Å². The maximum atomic E-state index is 12.1. The van der Waals surface area contributed by atoms with E-state index in [1.807, 2.05) is 0 Å². The molecule has 0 heterocycles. The molecule has 0 radical (unpaired) electrons. The Kier molecular flexibility index (Phi) is 2.69. The maximum absolute atomic E-state index is 12.1. The van der Waals surface area contributed by atoms with Crippen molar-refractivity contribution in [1.29, 1.82) is 0 Å². The summed E-state index contributed by atoms with van der Waals surface area (Å²) in [6, 6.07) is 6.04. The highest BCUT2D eigenvalue weighted by molar-refractivity contribution is 5.30. The van der Waals surface area contributed by atoms with Crippen molar-refractivity contribution in [2.75, 3.05) is 6.61 Å². The van der Waals surface area contributed by atoms with E-state index in [1.54, 1.807) is 12.1 Å². The predicted octanol–water partition coefficient (Wildman–Crippen LogP) is 2.25. The van der Waals surface area contributed by atoms with Gasteiger partial charge in [-0.25, -0.2) is 4.39 Å². The van der Waals surface area contributed by atoms with Crippen LogP contribution in [0.25, 0.3) is 0 Å². The molecule has 0 aliphatic heterocycles. The summed E-state index contributed by atoms with van der Waals surface area (Å²) in [4.78, 5) is 0. The van der Waals surface area contributed by atoms with Gasteiger partial charge in [0.15, 0.2) is 0 Å². The SMILES string of the molecule is C=C(F)COc1ccc(O)cc1. The van der Waals surface area contributed by atoms with Gasteiger partial charge in [-0.15, -0.1) is 0 Å². The van der Waals surface area contributed by atoms with Crippen LogP contribution in [0, 0.1) is 0 Å². The molecule has 0 unspecified atom stereocenters. The Labute approximate surface area is 69.9 Å². The number of rotatable bonds is 3. The number of phenolic OH excluding ortho intramolecular Hbond substituents is 1. The quantitative estimate of drug-likeness (QED) is 0.750. The van der Waals surface area contributed by atoms with Crippen molar-refractivity contribution < 1.29 is 14.2 Å². The highest BCUT2D eigenvalue weighted by Crippen LogP contribution is 2.16. The van der Waals surface area contributed by atoms with Crippen molar-refractivity contribution in [2.24, 2.45) is 0 Å². The predicted molar refractivity (Wildman–Crippen MR) is 43.8 cm³/mol. The summed E-state index contributed by atoms with van der Waals surface area (Å²) in [6.07, 6.45) is 0. The first-order chi connectivity index (χ1) is 5.68. The second kappa shape index (κ2) is 3.76. The van der Waals surface area contributed by atoms with Gasteiger partial charge in [0.25, 0.3) is 0 Å². The monoisotopic (exact) mass is 168 g/mol.